The van der Waals surface area contributed by atoms with Crippen molar-refractivity contribution in [3.63, 3.8) is 0 Å². The van der Waals surface area contributed by atoms with E-state index in [-0.39, 0.29) is 27.2 Å². The molecule has 5 nitrogen and oxygen atoms in total. The summed E-state index contributed by atoms with van der Waals surface area (Å²) in [5, 5.41) is 15.0. The van der Waals surface area contributed by atoms with E-state index >= 15 is 0 Å². The predicted molar refractivity (Wildman–Crippen MR) is 82.3 cm³/mol. The number of hydrogen-bond acceptors (Lipinski definition) is 3. The molecular weight excluding hydrogens is 315 g/mol. The monoisotopic (exact) mass is 330 g/mol. The summed E-state index contributed by atoms with van der Waals surface area (Å²) in [6.07, 6.45) is 2.73. The van der Waals surface area contributed by atoms with Crippen LogP contribution in [0.5, 0.6) is 0 Å². The summed E-state index contributed by atoms with van der Waals surface area (Å²) >= 11 is 12.0. The van der Waals surface area contributed by atoms with Gasteiger partial charge in [0.2, 0.25) is 5.91 Å². The third kappa shape index (κ3) is 3.48. The van der Waals surface area contributed by atoms with E-state index < -0.39 is 11.5 Å². The molecule has 1 aliphatic heterocycles. The van der Waals surface area contributed by atoms with Crippen molar-refractivity contribution in [2.24, 2.45) is 0 Å². The number of carboxylic acid groups (broad SMARTS) is 1. The highest BCUT2D eigenvalue weighted by molar-refractivity contribution is 6.40. The number of aromatic carboxylic acids is 1. The van der Waals surface area contributed by atoms with Gasteiger partial charge in [0.15, 0.2) is 0 Å². The average molecular weight is 331 g/mol. The van der Waals surface area contributed by atoms with E-state index in [0.29, 0.717) is 0 Å². The van der Waals surface area contributed by atoms with Gasteiger partial charge in [0.1, 0.15) is 0 Å². The first-order chi connectivity index (χ1) is 9.83. The van der Waals surface area contributed by atoms with Gasteiger partial charge >= 0.3 is 5.97 Å². The first-order valence-electron chi connectivity index (χ1n) is 6.62. The largest absolute Gasteiger partial charge is 0.478 e. The van der Waals surface area contributed by atoms with Crippen LogP contribution in [0.15, 0.2) is 12.1 Å². The van der Waals surface area contributed by atoms with Gasteiger partial charge in [0.25, 0.3) is 0 Å². The maximum Gasteiger partial charge on any atom is 0.335 e. The Labute approximate surface area is 132 Å². The molecule has 2 rings (SSSR count). The number of carbonyl (C=O) groups is 2. The Kier molecular flexibility index (Phi) is 4.76. The van der Waals surface area contributed by atoms with Crippen LogP contribution in [0, 0.1) is 0 Å². The zero-order chi connectivity index (χ0) is 15.6. The molecular formula is C14H16Cl2N2O3. The highest BCUT2D eigenvalue weighted by Gasteiger charge is 2.34. The predicted octanol–water partition coefficient (Wildman–Crippen LogP) is 3.16. The molecule has 1 aromatic rings. The summed E-state index contributed by atoms with van der Waals surface area (Å²) in [6, 6.07) is 2.53. The molecule has 3 N–H and O–H groups in total. The number of halogens is 2. The highest BCUT2D eigenvalue weighted by atomic mass is 35.5. The molecule has 0 radical (unpaired) electrons. The molecule has 1 unspecified atom stereocenters. The summed E-state index contributed by atoms with van der Waals surface area (Å²) in [7, 11) is 0. The van der Waals surface area contributed by atoms with Crippen LogP contribution in [0.25, 0.3) is 0 Å². The van der Waals surface area contributed by atoms with Crippen LogP contribution in [0.2, 0.25) is 10.0 Å². The molecule has 1 atom stereocenters. The number of amides is 1. The van der Waals surface area contributed by atoms with Gasteiger partial charge in [-0.05, 0) is 44.9 Å². The van der Waals surface area contributed by atoms with Crippen molar-refractivity contribution in [1.29, 1.82) is 0 Å². The fraction of sp³-hybridized carbons (Fsp3) is 0.429. The molecule has 114 valence electrons. The van der Waals surface area contributed by atoms with Crippen molar-refractivity contribution in [1.82, 2.24) is 5.32 Å². The van der Waals surface area contributed by atoms with Gasteiger partial charge in [0.05, 0.1) is 26.8 Å². The number of rotatable bonds is 3. The zero-order valence-electron chi connectivity index (χ0n) is 11.5. The maximum atomic E-state index is 12.4. The fourth-order valence-electron chi connectivity index (χ4n) is 2.32. The number of nitrogens with one attached hydrogen (secondary N) is 2. The Bertz CT molecular complexity index is 561. The van der Waals surface area contributed by atoms with E-state index in [1.165, 1.54) is 12.1 Å². The second-order valence-corrected chi connectivity index (χ2v) is 6.10. The standard InChI is InChI=1S/C14H16Cl2N2O3/c1-14(4-2-3-5-17-14)13(21)18-11-9(15)6-8(12(19)20)7-10(11)16/h6-7,17H,2-5H2,1H3,(H,18,21)(H,19,20). The molecule has 0 aliphatic carbocycles. The van der Waals surface area contributed by atoms with Gasteiger partial charge < -0.3 is 15.7 Å². The average Bonchev–Trinajstić information content (AvgIpc) is 2.43. The van der Waals surface area contributed by atoms with Crippen LogP contribution in [-0.4, -0.2) is 29.1 Å². The Balaban J connectivity index is 2.23. The van der Waals surface area contributed by atoms with E-state index in [4.69, 9.17) is 28.3 Å². The lowest BCUT2D eigenvalue weighted by Gasteiger charge is -2.33. The molecule has 0 saturated carbocycles. The van der Waals surface area contributed by atoms with E-state index in [2.05, 4.69) is 10.6 Å². The van der Waals surface area contributed by atoms with Crippen molar-refractivity contribution >= 4 is 40.8 Å². The topological polar surface area (TPSA) is 78.4 Å². The number of carboxylic acids is 1. The van der Waals surface area contributed by atoms with Crippen molar-refractivity contribution in [2.75, 3.05) is 11.9 Å². The van der Waals surface area contributed by atoms with Crippen LogP contribution < -0.4 is 10.6 Å². The number of benzene rings is 1. The normalized spacial score (nSPS) is 21.9. The quantitative estimate of drug-likeness (QED) is 0.795. The smallest absolute Gasteiger partial charge is 0.335 e. The van der Waals surface area contributed by atoms with Crippen LogP contribution in [0.3, 0.4) is 0 Å². The first kappa shape index (κ1) is 16.1. The van der Waals surface area contributed by atoms with Crippen molar-refractivity contribution in [3.8, 4) is 0 Å². The van der Waals surface area contributed by atoms with Crippen molar-refractivity contribution in [3.05, 3.63) is 27.7 Å². The Morgan fingerprint density at radius 3 is 2.38 bits per heavy atom. The Morgan fingerprint density at radius 1 is 1.29 bits per heavy atom. The second kappa shape index (κ2) is 6.22. The SMILES string of the molecule is CC1(C(=O)Nc2c(Cl)cc(C(=O)O)cc2Cl)CCCCN1. The molecule has 0 spiro atoms. The minimum atomic E-state index is -1.13. The van der Waals surface area contributed by atoms with E-state index in [9.17, 15) is 9.59 Å². The number of hydrogen-bond donors (Lipinski definition) is 3. The van der Waals surface area contributed by atoms with Crippen LogP contribution in [0.4, 0.5) is 5.69 Å². The minimum Gasteiger partial charge on any atom is -0.478 e. The fourth-order valence-corrected chi connectivity index (χ4v) is 2.90. The van der Waals surface area contributed by atoms with Gasteiger partial charge in [-0.3, -0.25) is 4.79 Å². The number of anilines is 1. The summed E-state index contributed by atoms with van der Waals surface area (Å²) in [6.45, 7) is 2.61. The Hall–Kier alpha value is -1.30. The molecule has 0 aromatic heterocycles. The molecule has 1 aromatic carbocycles. The molecule has 1 heterocycles. The van der Waals surface area contributed by atoms with E-state index in [1.54, 1.807) is 0 Å². The lowest BCUT2D eigenvalue weighted by atomic mass is 9.90. The number of piperidine rings is 1. The minimum absolute atomic E-state index is 0.0231. The third-order valence-corrected chi connectivity index (χ3v) is 4.24. The summed E-state index contributed by atoms with van der Waals surface area (Å²) in [4.78, 5) is 23.3. The number of carbonyl (C=O) groups excluding carboxylic acids is 1. The van der Waals surface area contributed by atoms with Gasteiger partial charge in [0, 0.05) is 0 Å². The first-order valence-corrected chi connectivity index (χ1v) is 7.38. The lowest BCUT2D eigenvalue weighted by molar-refractivity contribution is -0.122. The van der Waals surface area contributed by atoms with Gasteiger partial charge in [-0.15, -0.1) is 0 Å². The Morgan fingerprint density at radius 2 is 1.90 bits per heavy atom. The molecule has 1 aliphatic rings. The van der Waals surface area contributed by atoms with Gasteiger partial charge in [-0.2, -0.15) is 0 Å². The summed E-state index contributed by atoms with van der Waals surface area (Å²) in [5.74, 6) is -1.35. The molecule has 1 amide bonds. The van der Waals surface area contributed by atoms with Crippen molar-refractivity contribution < 1.29 is 14.7 Å². The summed E-state index contributed by atoms with van der Waals surface area (Å²) in [5.41, 5.74) is -0.456. The van der Waals surface area contributed by atoms with Crippen LogP contribution in [0.1, 0.15) is 36.5 Å². The van der Waals surface area contributed by atoms with Crippen molar-refractivity contribution in [2.45, 2.75) is 31.7 Å². The molecule has 7 heteroatoms. The van der Waals surface area contributed by atoms with Crippen LogP contribution >= 0.6 is 23.2 Å². The maximum absolute atomic E-state index is 12.4. The molecule has 21 heavy (non-hydrogen) atoms. The van der Waals surface area contributed by atoms with E-state index in [0.717, 1.165) is 25.8 Å². The molecule has 1 fully saturated rings. The van der Waals surface area contributed by atoms with E-state index in [1.807, 2.05) is 6.92 Å². The second-order valence-electron chi connectivity index (χ2n) is 5.29. The molecule has 0 bridgehead atoms. The van der Waals surface area contributed by atoms with Crippen LogP contribution in [-0.2, 0) is 4.79 Å². The highest BCUT2D eigenvalue weighted by Crippen LogP contribution is 2.33. The van der Waals surface area contributed by atoms with Gasteiger partial charge in [-0.25, -0.2) is 4.79 Å². The third-order valence-electron chi connectivity index (χ3n) is 3.65. The summed E-state index contributed by atoms with van der Waals surface area (Å²) < 4.78 is 0. The zero-order valence-corrected chi connectivity index (χ0v) is 13.0. The molecule has 1 saturated heterocycles. The van der Waals surface area contributed by atoms with Gasteiger partial charge in [-0.1, -0.05) is 23.2 Å². The lowest BCUT2D eigenvalue weighted by Crippen LogP contribution is -2.54.